The Morgan fingerprint density at radius 3 is 2.13 bits per heavy atom. The molecule has 15 heavy (non-hydrogen) atoms. The summed E-state index contributed by atoms with van der Waals surface area (Å²) in [6.45, 7) is 6.59. The number of nitrogens with two attached hydrogens (primary N) is 1. The Labute approximate surface area is 90.2 Å². The van der Waals surface area contributed by atoms with Crippen LogP contribution in [-0.4, -0.2) is 40.5 Å². The Bertz CT molecular complexity index is 213. The van der Waals surface area contributed by atoms with Gasteiger partial charge in [0.15, 0.2) is 0 Å². The summed E-state index contributed by atoms with van der Waals surface area (Å²) in [6, 6.07) is -0.0938. The maximum atomic E-state index is 10.8. The number of carbonyl (C=O) groups is 2. The highest BCUT2D eigenvalue weighted by Crippen LogP contribution is 2.12. The third-order valence-electron chi connectivity index (χ3n) is 2.34. The number of carbonyl (C=O) groups excluding carboxylic acids is 1. The lowest BCUT2D eigenvalue weighted by Crippen LogP contribution is -2.43. The van der Waals surface area contributed by atoms with E-state index in [0.29, 0.717) is 6.54 Å². The van der Waals surface area contributed by atoms with Crippen molar-refractivity contribution < 1.29 is 14.7 Å². The van der Waals surface area contributed by atoms with Gasteiger partial charge in [-0.15, -0.1) is 0 Å². The van der Waals surface area contributed by atoms with Crippen molar-refractivity contribution in [2.75, 3.05) is 6.54 Å². The van der Waals surface area contributed by atoms with E-state index < -0.39 is 11.9 Å². The van der Waals surface area contributed by atoms with Crippen LogP contribution < -0.4 is 5.73 Å². The van der Waals surface area contributed by atoms with E-state index in [-0.39, 0.29) is 24.9 Å². The van der Waals surface area contributed by atoms with Gasteiger partial charge >= 0.3 is 5.97 Å². The van der Waals surface area contributed by atoms with Gasteiger partial charge in [0.25, 0.3) is 0 Å². The summed E-state index contributed by atoms with van der Waals surface area (Å²) in [5.74, 6) is -1.36. The van der Waals surface area contributed by atoms with Crippen molar-refractivity contribution in [1.82, 2.24) is 4.90 Å². The fraction of sp³-hybridized carbons (Fsp3) is 0.800. The van der Waals surface area contributed by atoms with Crippen LogP contribution in [0.3, 0.4) is 0 Å². The zero-order valence-electron chi connectivity index (χ0n) is 9.56. The minimum atomic E-state index is -0.902. The van der Waals surface area contributed by atoms with Crippen LogP contribution in [0.25, 0.3) is 0 Å². The van der Waals surface area contributed by atoms with Crippen LogP contribution in [0.15, 0.2) is 0 Å². The first-order chi connectivity index (χ1) is 6.88. The van der Waals surface area contributed by atoms with Crippen molar-refractivity contribution in [1.29, 1.82) is 0 Å². The predicted octanol–water partition coefficient (Wildman–Crippen LogP) is 0.435. The van der Waals surface area contributed by atoms with Crippen LogP contribution in [0.1, 0.15) is 33.6 Å². The van der Waals surface area contributed by atoms with Gasteiger partial charge < -0.3 is 10.8 Å². The lowest BCUT2D eigenvalue weighted by Gasteiger charge is -2.32. The molecule has 0 aromatic rings. The molecule has 0 fully saturated rings. The molecule has 3 N–H and O–H groups in total. The molecule has 5 heteroatoms. The van der Waals surface area contributed by atoms with E-state index in [1.54, 1.807) is 0 Å². The monoisotopic (exact) mass is 216 g/mol. The number of primary amides is 1. The van der Waals surface area contributed by atoms with E-state index in [1.807, 2.05) is 25.7 Å². The van der Waals surface area contributed by atoms with Gasteiger partial charge in [0, 0.05) is 18.5 Å². The van der Waals surface area contributed by atoms with Gasteiger partial charge in [-0.3, -0.25) is 14.5 Å². The highest BCUT2D eigenvalue weighted by molar-refractivity contribution is 5.76. The average Bonchev–Trinajstić information content (AvgIpc) is 2.01. The summed E-state index contributed by atoms with van der Waals surface area (Å²) in [6.07, 6.45) is 0.0489. The number of hydrogen-bond donors (Lipinski definition) is 2. The van der Waals surface area contributed by atoms with E-state index in [2.05, 4.69) is 0 Å². The molecule has 0 aromatic heterocycles. The van der Waals surface area contributed by atoms with Crippen molar-refractivity contribution in [2.24, 2.45) is 5.73 Å². The Balaban J connectivity index is 4.56. The topological polar surface area (TPSA) is 83.6 Å². The van der Waals surface area contributed by atoms with Crippen molar-refractivity contribution in [3.63, 3.8) is 0 Å². The van der Waals surface area contributed by atoms with Gasteiger partial charge in [0.2, 0.25) is 5.91 Å². The molecule has 0 saturated heterocycles. The molecular weight excluding hydrogens is 196 g/mol. The normalized spacial score (nSPS) is 13.1. The number of rotatable bonds is 7. The minimum Gasteiger partial charge on any atom is -0.481 e. The summed E-state index contributed by atoms with van der Waals surface area (Å²) < 4.78 is 0. The van der Waals surface area contributed by atoms with Gasteiger partial charge in [-0.05, 0) is 20.4 Å². The molecule has 88 valence electrons. The summed E-state index contributed by atoms with van der Waals surface area (Å²) in [5, 5.41) is 8.74. The maximum Gasteiger partial charge on any atom is 0.304 e. The second kappa shape index (κ2) is 6.40. The second-order valence-corrected chi connectivity index (χ2v) is 3.85. The van der Waals surface area contributed by atoms with E-state index in [9.17, 15) is 9.59 Å². The Hall–Kier alpha value is -1.10. The molecule has 0 radical (unpaired) electrons. The number of carboxylic acid groups (broad SMARTS) is 1. The van der Waals surface area contributed by atoms with Crippen LogP contribution in [-0.2, 0) is 9.59 Å². The van der Waals surface area contributed by atoms with E-state index in [0.717, 1.165) is 0 Å². The third-order valence-corrected chi connectivity index (χ3v) is 2.34. The van der Waals surface area contributed by atoms with Gasteiger partial charge in [0.05, 0.1) is 6.42 Å². The third kappa shape index (κ3) is 5.37. The SMILES string of the molecule is CCN(C(C)C)C(CC(N)=O)CC(=O)O. The highest BCUT2D eigenvalue weighted by Gasteiger charge is 2.23. The van der Waals surface area contributed by atoms with Crippen LogP contribution in [0, 0.1) is 0 Å². The summed E-state index contributed by atoms with van der Waals surface area (Å²) >= 11 is 0. The summed E-state index contributed by atoms with van der Waals surface area (Å²) in [7, 11) is 0. The zero-order chi connectivity index (χ0) is 12.0. The lowest BCUT2D eigenvalue weighted by molar-refractivity contribution is -0.138. The van der Waals surface area contributed by atoms with Gasteiger partial charge in [-0.25, -0.2) is 0 Å². The first kappa shape index (κ1) is 13.9. The Morgan fingerprint density at radius 2 is 1.87 bits per heavy atom. The fourth-order valence-corrected chi connectivity index (χ4v) is 1.79. The number of aliphatic carboxylic acids is 1. The molecule has 0 aromatic carbocycles. The van der Waals surface area contributed by atoms with Crippen molar-refractivity contribution >= 4 is 11.9 Å². The van der Waals surface area contributed by atoms with Gasteiger partial charge in [-0.1, -0.05) is 6.92 Å². The molecule has 0 rings (SSSR count). The average molecular weight is 216 g/mol. The maximum absolute atomic E-state index is 10.8. The van der Waals surface area contributed by atoms with Crippen molar-refractivity contribution in [3.05, 3.63) is 0 Å². The molecule has 5 nitrogen and oxygen atoms in total. The molecule has 1 atom stereocenters. The number of carboxylic acids is 1. The summed E-state index contributed by atoms with van der Waals surface area (Å²) in [5.41, 5.74) is 5.10. The largest absolute Gasteiger partial charge is 0.481 e. The minimum absolute atomic E-state index is 0.0467. The first-order valence-electron chi connectivity index (χ1n) is 5.14. The molecule has 0 aliphatic rings. The zero-order valence-corrected chi connectivity index (χ0v) is 9.56. The molecule has 0 aliphatic carbocycles. The van der Waals surface area contributed by atoms with E-state index in [1.165, 1.54) is 0 Å². The van der Waals surface area contributed by atoms with Crippen LogP contribution in [0.5, 0.6) is 0 Å². The van der Waals surface area contributed by atoms with Gasteiger partial charge in [0.1, 0.15) is 0 Å². The Kier molecular flexibility index (Phi) is 5.93. The van der Waals surface area contributed by atoms with Crippen LogP contribution >= 0.6 is 0 Å². The molecule has 1 amide bonds. The number of hydrogen-bond acceptors (Lipinski definition) is 3. The van der Waals surface area contributed by atoms with Crippen molar-refractivity contribution in [3.8, 4) is 0 Å². The van der Waals surface area contributed by atoms with E-state index >= 15 is 0 Å². The molecule has 0 aliphatic heterocycles. The first-order valence-corrected chi connectivity index (χ1v) is 5.14. The molecule has 0 bridgehead atoms. The molecule has 1 unspecified atom stereocenters. The summed E-state index contributed by atoms with van der Waals surface area (Å²) in [4.78, 5) is 23.5. The van der Waals surface area contributed by atoms with Crippen LogP contribution in [0.4, 0.5) is 0 Å². The van der Waals surface area contributed by atoms with Crippen molar-refractivity contribution in [2.45, 2.75) is 45.7 Å². The quantitative estimate of drug-likeness (QED) is 0.646. The fourth-order valence-electron chi connectivity index (χ4n) is 1.79. The highest BCUT2D eigenvalue weighted by atomic mass is 16.4. The molecule has 0 heterocycles. The Morgan fingerprint density at radius 1 is 1.33 bits per heavy atom. The predicted molar refractivity (Wildman–Crippen MR) is 57.4 cm³/mol. The smallest absolute Gasteiger partial charge is 0.304 e. The molecule has 0 spiro atoms. The number of nitrogens with zero attached hydrogens (tertiary/aromatic N) is 1. The van der Waals surface area contributed by atoms with E-state index in [4.69, 9.17) is 10.8 Å². The van der Waals surface area contributed by atoms with Gasteiger partial charge in [-0.2, -0.15) is 0 Å². The molecule has 0 saturated carbocycles. The number of amides is 1. The van der Waals surface area contributed by atoms with Crippen LogP contribution in [0.2, 0.25) is 0 Å². The second-order valence-electron chi connectivity index (χ2n) is 3.85. The molecular formula is C10H20N2O3. The standard InChI is InChI=1S/C10H20N2O3/c1-4-12(7(2)3)8(5-9(11)13)6-10(14)15/h7-8H,4-6H2,1-3H3,(H2,11,13)(H,14,15). The lowest BCUT2D eigenvalue weighted by atomic mass is 10.1.